The number of piperazine rings is 1. The predicted molar refractivity (Wildman–Crippen MR) is 108 cm³/mol. The molecule has 1 aromatic rings. The first-order chi connectivity index (χ1) is 13.4. The number of carbonyl (C=O) groups is 2. The molecule has 0 radical (unpaired) electrons. The third-order valence-corrected chi connectivity index (χ3v) is 6.26. The van der Waals surface area contributed by atoms with Gasteiger partial charge in [-0.2, -0.15) is 0 Å². The zero-order valence-corrected chi connectivity index (χ0v) is 17.2. The van der Waals surface area contributed by atoms with Crippen molar-refractivity contribution in [1.29, 1.82) is 0 Å². The molecule has 2 amide bonds. The molecule has 0 bridgehead atoms. The molecular formula is C21H32N4O3. The van der Waals surface area contributed by atoms with Crippen molar-refractivity contribution in [3.05, 3.63) is 29.8 Å². The third-order valence-electron chi connectivity index (χ3n) is 6.26. The van der Waals surface area contributed by atoms with Crippen LogP contribution in [0.4, 0.5) is 0 Å². The quantitative estimate of drug-likeness (QED) is 0.813. The molecule has 2 aliphatic heterocycles. The second kappa shape index (κ2) is 8.92. The zero-order valence-electron chi connectivity index (χ0n) is 17.2. The minimum Gasteiger partial charge on any atom is -0.496 e. The fourth-order valence-corrected chi connectivity index (χ4v) is 4.28. The normalized spacial score (nSPS) is 24.2. The van der Waals surface area contributed by atoms with Gasteiger partial charge in [-0.05, 0) is 26.0 Å². The Labute approximate surface area is 167 Å². The van der Waals surface area contributed by atoms with Crippen LogP contribution in [0.5, 0.6) is 5.75 Å². The van der Waals surface area contributed by atoms with Crippen molar-refractivity contribution in [2.75, 3.05) is 53.9 Å². The number of rotatable bonds is 5. The Morgan fingerprint density at radius 1 is 1.18 bits per heavy atom. The summed E-state index contributed by atoms with van der Waals surface area (Å²) in [7, 11) is 5.67. The fourth-order valence-electron chi connectivity index (χ4n) is 4.28. The van der Waals surface area contributed by atoms with Gasteiger partial charge in [-0.15, -0.1) is 0 Å². The van der Waals surface area contributed by atoms with Crippen molar-refractivity contribution in [2.45, 2.75) is 31.3 Å². The highest BCUT2D eigenvalue weighted by Crippen LogP contribution is 2.31. The summed E-state index contributed by atoms with van der Waals surface area (Å²) < 4.78 is 5.35. The van der Waals surface area contributed by atoms with Crippen LogP contribution in [0.2, 0.25) is 0 Å². The number of likely N-dealkylation sites (N-methyl/N-ethyl adjacent to an activating group) is 1. The first-order valence-corrected chi connectivity index (χ1v) is 10.00. The highest BCUT2D eigenvalue weighted by Gasteiger charge is 2.41. The molecule has 2 saturated heterocycles. The van der Waals surface area contributed by atoms with Crippen molar-refractivity contribution < 1.29 is 14.3 Å². The van der Waals surface area contributed by atoms with Crippen molar-refractivity contribution >= 4 is 11.8 Å². The van der Waals surface area contributed by atoms with Gasteiger partial charge in [0.15, 0.2) is 0 Å². The van der Waals surface area contributed by atoms with Crippen LogP contribution in [-0.2, 0) is 16.1 Å². The molecule has 2 heterocycles. The van der Waals surface area contributed by atoms with Gasteiger partial charge >= 0.3 is 0 Å². The molecular weight excluding hydrogens is 356 g/mol. The number of nitrogens with one attached hydrogen (secondary N) is 1. The van der Waals surface area contributed by atoms with E-state index < -0.39 is 0 Å². The highest BCUT2D eigenvalue weighted by molar-refractivity contribution is 5.78. The number of benzene rings is 1. The van der Waals surface area contributed by atoms with Crippen LogP contribution in [0.1, 0.15) is 24.8 Å². The van der Waals surface area contributed by atoms with E-state index in [1.165, 1.54) is 0 Å². The van der Waals surface area contributed by atoms with Gasteiger partial charge in [0.2, 0.25) is 11.8 Å². The molecule has 1 aromatic carbocycles. The second-order valence-corrected chi connectivity index (χ2v) is 8.01. The van der Waals surface area contributed by atoms with Gasteiger partial charge in [0.1, 0.15) is 5.75 Å². The Morgan fingerprint density at radius 3 is 2.75 bits per heavy atom. The Kier molecular flexibility index (Phi) is 6.57. The summed E-state index contributed by atoms with van der Waals surface area (Å²) in [5.74, 6) is 1.03. The van der Waals surface area contributed by atoms with Crippen molar-refractivity contribution in [3.8, 4) is 5.75 Å². The monoisotopic (exact) mass is 388 g/mol. The molecule has 7 nitrogen and oxygen atoms in total. The van der Waals surface area contributed by atoms with E-state index in [4.69, 9.17) is 4.74 Å². The van der Waals surface area contributed by atoms with E-state index in [0.717, 1.165) is 50.3 Å². The maximum atomic E-state index is 12.5. The van der Waals surface area contributed by atoms with Gasteiger partial charge in [0.05, 0.1) is 13.7 Å². The predicted octanol–water partition coefficient (Wildman–Crippen LogP) is 0.940. The standard InChI is InChI=1S/C21H32N4O3/c1-23-11-10-21(9-8-20(23)27)16-25(13-12-24(21)2)15-19(26)22-14-17-6-4-5-7-18(17)28-3/h4-7H,8-16H2,1-3H3,(H,22,26)/t21-/m0/s1. The number of para-hydroxylation sites is 1. The van der Waals surface area contributed by atoms with Crippen LogP contribution in [-0.4, -0.2) is 86.0 Å². The lowest BCUT2D eigenvalue weighted by atomic mass is 9.86. The van der Waals surface area contributed by atoms with Crippen LogP contribution in [0.25, 0.3) is 0 Å². The third kappa shape index (κ3) is 4.64. The first kappa shape index (κ1) is 20.6. The molecule has 1 atom stereocenters. The number of ether oxygens (including phenoxy) is 1. The van der Waals surface area contributed by atoms with Crippen LogP contribution in [0.3, 0.4) is 0 Å². The topological polar surface area (TPSA) is 65.1 Å². The maximum Gasteiger partial charge on any atom is 0.234 e. The van der Waals surface area contributed by atoms with Gasteiger partial charge in [0.25, 0.3) is 0 Å². The van der Waals surface area contributed by atoms with Gasteiger partial charge in [-0.1, -0.05) is 18.2 Å². The number of likely N-dealkylation sites (tertiary alicyclic amines) is 1. The summed E-state index contributed by atoms with van der Waals surface area (Å²) in [6.45, 7) is 4.22. The van der Waals surface area contributed by atoms with Gasteiger partial charge in [-0.25, -0.2) is 0 Å². The Bertz CT molecular complexity index is 711. The second-order valence-electron chi connectivity index (χ2n) is 8.01. The van der Waals surface area contributed by atoms with Crippen LogP contribution in [0.15, 0.2) is 24.3 Å². The minimum atomic E-state index is -0.0262. The molecule has 0 aromatic heterocycles. The number of amides is 2. The van der Waals surface area contributed by atoms with Crippen molar-refractivity contribution in [3.63, 3.8) is 0 Å². The molecule has 154 valence electrons. The molecule has 2 aliphatic rings. The average molecular weight is 389 g/mol. The lowest BCUT2D eigenvalue weighted by molar-refractivity contribution is -0.129. The van der Waals surface area contributed by atoms with E-state index in [1.807, 2.05) is 36.2 Å². The molecule has 7 heteroatoms. The van der Waals surface area contributed by atoms with E-state index in [1.54, 1.807) is 7.11 Å². The number of methoxy groups -OCH3 is 1. The van der Waals surface area contributed by atoms with E-state index in [-0.39, 0.29) is 17.4 Å². The van der Waals surface area contributed by atoms with E-state index in [9.17, 15) is 9.59 Å². The number of carbonyl (C=O) groups excluding carboxylic acids is 2. The Hall–Kier alpha value is -2.12. The minimum absolute atomic E-state index is 0.0208. The Morgan fingerprint density at radius 2 is 1.96 bits per heavy atom. The molecule has 2 fully saturated rings. The van der Waals surface area contributed by atoms with Crippen molar-refractivity contribution in [2.24, 2.45) is 0 Å². The summed E-state index contributed by atoms with van der Waals surface area (Å²) >= 11 is 0. The van der Waals surface area contributed by atoms with E-state index in [2.05, 4.69) is 22.2 Å². The summed E-state index contributed by atoms with van der Waals surface area (Å²) in [5, 5.41) is 3.01. The van der Waals surface area contributed by atoms with Crippen LogP contribution >= 0.6 is 0 Å². The maximum absolute atomic E-state index is 12.5. The molecule has 3 rings (SSSR count). The summed E-state index contributed by atoms with van der Waals surface area (Å²) in [4.78, 5) is 31.1. The van der Waals surface area contributed by atoms with Crippen LogP contribution in [0, 0.1) is 0 Å². The number of hydrogen-bond acceptors (Lipinski definition) is 5. The summed E-state index contributed by atoms with van der Waals surface area (Å²) in [5.41, 5.74) is 0.945. The highest BCUT2D eigenvalue weighted by atomic mass is 16.5. The smallest absolute Gasteiger partial charge is 0.234 e. The van der Waals surface area contributed by atoms with Gasteiger partial charge in [0, 0.05) is 57.3 Å². The fraction of sp³-hybridized carbons (Fsp3) is 0.619. The van der Waals surface area contributed by atoms with Crippen molar-refractivity contribution in [1.82, 2.24) is 20.0 Å². The lowest BCUT2D eigenvalue weighted by Crippen LogP contribution is -2.62. The van der Waals surface area contributed by atoms with E-state index >= 15 is 0 Å². The average Bonchev–Trinajstić information content (AvgIpc) is 2.84. The van der Waals surface area contributed by atoms with Gasteiger partial charge in [-0.3, -0.25) is 19.4 Å². The first-order valence-electron chi connectivity index (χ1n) is 10.00. The van der Waals surface area contributed by atoms with E-state index in [0.29, 0.717) is 19.5 Å². The Balaban J connectivity index is 1.57. The molecule has 28 heavy (non-hydrogen) atoms. The summed E-state index contributed by atoms with van der Waals surface area (Å²) in [6, 6.07) is 7.72. The SMILES string of the molecule is COc1ccccc1CNC(=O)CN1CCN(C)[C@]2(CCC(=O)N(C)CC2)C1. The lowest BCUT2D eigenvalue weighted by Gasteiger charge is -2.49. The molecule has 0 aliphatic carbocycles. The number of nitrogens with zero attached hydrogens (tertiary/aromatic N) is 3. The molecule has 1 spiro atoms. The summed E-state index contributed by atoms with van der Waals surface area (Å²) in [6.07, 6.45) is 2.38. The molecule has 0 saturated carbocycles. The van der Waals surface area contributed by atoms with Crippen LogP contribution < -0.4 is 10.1 Å². The molecule has 0 unspecified atom stereocenters. The largest absolute Gasteiger partial charge is 0.496 e. The molecule has 1 N–H and O–H groups in total. The zero-order chi connectivity index (χ0) is 20.1. The number of hydrogen-bond donors (Lipinski definition) is 1. The van der Waals surface area contributed by atoms with Gasteiger partial charge < -0.3 is 15.0 Å².